The minimum Gasteiger partial charge on any atom is -0.356 e. The Bertz CT molecular complexity index is 1520. The van der Waals surface area contributed by atoms with Gasteiger partial charge in [-0.1, -0.05) is 23.4 Å². The topological polar surface area (TPSA) is 98.9 Å². The molecule has 0 N–H and O–H groups in total. The van der Waals surface area contributed by atoms with Crippen LogP contribution in [0.3, 0.4) is 0 Å². The zero-order chi connectivity index (χ0) is 23.5. The molecule has 0 bridgehead atoms. The van der Waals surface area contributed by atoms with Gasteiger partial charge in [-0.2, -0.15) is 4.52 Å². The number of nitrogens with zero attached hydrogens (tertiary/aromatic N) is 5. The maximum Gasteiger partial charge on any atom is 0.229 e. The van der Waals surface area contributed by atoms with Crippen LogP contribution in [0.15, 0.2) is 52.4 Å². The number of piperidine rings is 1. The van der Waals surface area contributed by atoms with E-state index >= 15 is 0 Å². The third kappa shape index (κ3) is 3.28. The van der Waals surface area contributed by atoms with Crippen molar-refractivity contribution in [3.8, 4) is 0 Å². The Morgan fingerprint density at radius 3 is 2.44 bits per heavy atom. The Labute approximate surface area is 197 Å². The van der Waals surface area contributed by atoms with Crippen LogP contribution in [0, 0.1) is 13.8 Å². The molecule has 9 nitrogen and oxygen atoms in total. The van der Waals surface area contributed by atoms with Gasteiger partial charge in [0.15, 0.2) is 11.4 Å². The highest BCUT2D eigenvalue weighted by molar-refractivity contribution is 7.91. The fourth-order valence-electron chi connectivity index (χ4n) is 4.78. The number of rotatable bonds is 3. The van der Waals surface area contributed by atoms with Crippen molar-refractivity contribution < 1.29 is 17.9 Å². The summed E-state index contributed by atoms with van der Waals surface area (Å²) in [5.41, 5.74) is 2.90. The molecule has 0 radical (unpaired) electrons. The lowest BCUT2D eigenvalue weighted by Gasteiger charge is -2.38. The van der Waals surface area contributed by atoms with Gasteiger partial charge in [0, 0.05) is 31.3 Å². The summed E-state index contributed by atoms with van der Waals surface area (Å²) in [6.07, 6.45) is 1.44. The fourth-order valence-corrected chi connectivity index (χ4v) is 6.10. The second kappa shape index (κ2) is 7.72. The van der Waals surface area contributed by atoms with E-state index in [0.717, 1.165) is 40.7 Å². The quantitative estimate of drug-likeness (QED) is 0.442. The summed E-state index contributed by atoms with van der Waals surface area (Å²) in [4.78, 5) is 7.19. The third-order valence-electron chi connectivity index (χ3n) is 6.88. The molecule has 2 aromatic carbocycles. The van der Waals surface area contributed by atoms with E-state index in [0.29, 0.717) is 26.3 Å². The van der Waals surface area contributed by atoms with Crippen molar-refractivity contribution >= 4 is 32.2 Å². The molecule has 34 heavy (non-hydrogen) atoms. The van der Waals surface area contributed by atoms with Crippen LogP contribution in [0.25, 0.3) is 16.6 Å². The lowest BCUT2D eigenvalue weighted by molar-refractivity contribution is -0.169. The van der Waals surface area contributed by atoms with Gasteiger partial charge < -0.3 is 14.4 Å². The first kappa shape index (κ1) is 21.5. The number of ether oxygens (including phenoxy) is 2. The van der Waals surface area contributed by atoms with Crippen molar-refractivity contribution in [1.29, 1.82) is 0 Å². The number of hydrogen-bond acceptors (Lipinski definition) is 8. The van der Waals surface area contributed by atoms with Gasteiger partial charge in [-0.05, 0) is 49.2 Å². The van der Waals surface area contributed by atoms with Crippen molar-refractivity contribution in [3.63, 3.8) is 0 Å². The van der Waals surface area contributed by atoms with Gasteiger partial charge in [0.25, 0.3) is 0 Å². The zero-order valence-electron chi connectivity index (χ0n) is 19.1. The Morgan fingerprint density at radius 2 is 1.71 bits per heavy atom. The number of benzene rings is 2. The monoisotopic (exact) mass is 479 g/mol. The number of fused-ring (bicyclic) bond motifs is 3. The average Bonchev–Trinajstić information content (AvgIpc) is 3.49. The molecule has 6 rings (SSSR count). The highest BCUT2D eigenvalue weighted by atomic mass is 32.2. The first-order chi connectivity index (χ1) is 16.4. The lowest BCUT2D eigenvalue weighted by Crippen LogP contribution is -2.45. The molecule has 0 atom stereocenters. The summed E-state index contributed by atoms with van der Waals surface area (Å²) in [6.45, 7) is 6.46. The van der Waals surface area contributed by atoms with E-state index in [2.05, 4.69) is 15.2 Å². The standard InChI is InChI=1S/C24H25N5O4S/c1-16-7-8-18(15-17(16)2)34(30,31)23-22-25-21(19-5-3-4-6-20(19)29(22)27-26-23)28-11-9-24(10-12-28)32-13-14-33-24/h3-8,15H,9-14H2,1-2H3. The van der Waals surface area contributed by atoms with E-state index in [1.807, 2.05) is 38.1 Å². The van der Waals surface area contributed by atoms with Gasteiger partial charge in [-0.25, -0.2) is 13.4 Å². The van der Waals surface area contributed by atoms with E-state index in [9.17, 15) is 8.42 Å². The van der Waals surface area contributed by atoms with E-state index in [4.69, 9.17) is 14.5 Å². The van der Waals surface area contributed by atoms with Crippen LogP contribution in [-0.4, -0.2) is 60.3 Å². The van der Waals surface area contributed by atoms with Crippen LogP contribution < -0.4 is 4.90 Å². The van der Waals surface area contributed by atoms with Crippen molar-refractivity contribution in [2.75, 3.05) is 31.2 Å². The predicted molar refractivity (Wildman–Crippen MR) is 126 cm³/mol. The zero-order valence-corrected chi connectivity index (χ0v) is 19.9. The fraction of sp³-hybridized carbons (Fsp3) is 0.375. The number of para-hydroxylation sites is 1. The molecule has 1 spiro atoms. The van der Waals surface area contributed by atoms with Crippen LogP contribution in [0.2, 0.25) is 0 Å². The van der Waals surface area contributed by atoms with E-state index < -0.39 is 15.6 Å². The minimum atomic E-state index is -3.91. The van der Waals surface area contributed by atoms with Crippen molar-refractivity contribution in [1.82, 2.24) is 19.8 Å². The van der Waals surface area contributed by atoms with Gasteiger partial charge in [0.05, 0.1) is 23.6 Å². The van der Waals surface area contributed by atoms with Crippen LogP contribution in [0.4, 0.5) is 5.82 Å². The summed E-state index contributed by atoms with van der Waals surface area (Å²) in [6, 6.07) is 12.8. The van der Waals surface area contributed by atoms with Crippen LogP contribution in [-0.2, 0) is 19.3 Å². The largest absolute Gasteiger partial charge is 0.356 e. The second-order valence-corrected chi connectivity index (χ2v) is 10.8. The molecule has 176 valence electrons. The molecular formula is C24H25N5O4S. The highest BCUT2D eigenvalue weighted by Gasteiger charge is 2.40. The third-order valence-corrected chi connectivity index (χ3v) is 8.53. The minimum absolute atomic E-state index is 0.140. The smallest absolute Gasteiger partial charge is 0.229 e. The highest BCUT2D eigenvalue weighted by Crippen LogP contribution is 2.36. The SMILES string of the molecule is Cc1ccc(S(=O)(=O)c2nnn3c2nc(N2CCC4(CC2)OCCO4)c2ccccc23)cc1C. The molecule has 0 aliphatic carbocycles. The van der Waals surface area contributed by atoms with E-state index in [-0.39, 0.29) is 15.6 Å². The van der Waals surface area contributed by atoms with Gasteiger partial charge in [0.2, 0.25) is 14.9 Å². The molecule has 10 heteroatoms. The molecule has 0 unspecified atom stereocenters. The molecule has 2 aromatic heterocycles. The Kier molecular flexibility index (Phi) is 4.87. The number of sulfone groups is 1. The summed E-state index contributed by atoms with van der Waals surface area (Å²) in [7, 11) is -3.91. The molecule has 2 aliphatic heterocycles. The maximum absolute atomic E-state index is 13.6. The molecule has 2 aliphatic rings. The van der Waals surface area contributed by atoms with Gasteiger partial charge >= 0.3 is 0 Å². The first-order valence-corrected chi connectivity index (χ1v) is 12.9. The first-order valence-electron chi connectivity index (χ1n) is 11.4. The van der Waals surface area contributed by atoms with Crippen molar-refractivity contribution in [2.24, 2.45) is 0 Å². The van der Waals surface area contributed by atoms with E-state index in [1.54, 1.807) is 18.2 Å². The summed E-state index contributed by atoms with van der Waals surface area (Å²) >= 11 is 0. The van der Waals surface area contributed by atoms with Gasteiger partial charge in [0.1, 0.15) is 5.82 Å². The average molecular weight is 480 g/mol. The summed E-state index contributed by atoms with van der Waals surface area (Å²) in [5, 5.41) is 9.03. The molecular weight excluding hydrogens is 454 g/mol. The molecule has 0 amide bonds. The van der Waals surface area contributed by atoms with Crippen LogP contribution in [0.5, 0.6) is 0 Å². The number of anilines is 1. The van der Waals surface area contributed by atoms with E-state index in [1.165, 1.54) is 4.52 Å². The second-order valence-electron chi connectivity index (χ2n) is 8.93. The van der Waals surface area contributed by atoms with Crippen molar-refractivity contribution in [2.45, 2.75) is 42.4 Å². The Balaban J connectivity index is 1.49. The maximum atomic E-state index is 13.6. The predicted octanol–water partition coefficient (Wildman–Crippen LogP) is 3.07. The van der Waals surface area contributed by atoms with Crippen molar-refractivity contribution in [3.05, 3.63) is 53.6 Å². The number of aromatic nitrogens is 4. The summed E-state index contributed by atoms with van der Waals surface area (Å²) in [5.74, 6) is 0.210. The Morgan fingerprint density at radius 1 is 0.971 bits per heavy atom. The molecule has 2 fully saturated rings. The summed E-state index contributed by atoms with van der Waals surface area (Å²) < 4.78 is 40.4. The van der Waals surface area contributed by atoms with Gasteiger partial charge in [-0.3, -0.25) is 0 Å². The molecule has 0 saturated carbocycles. The van der Waals surface area contributed by atoms with Crippen LogP contribution >= 0.6 is 0 Å². The van der Waals surface area contributed by atoms with Gasteiger partial charge in [-0.15, -0.1) is 5.10 Å². The molecule has 4 aromatic rings. The number of aryl methyl sites for hydroxylation is 2. The molecule has 4 heterocycles. The van der Waals surface area contributed by atoms with Crippen LogP contribution in [0.1, 0.15) is 24.0 Å². The molecule has 2 saturated heterocycles. The lowest BCUT2D eigenvalue weighted by atomic mass is 10.0. The Hall–Kier alpha value is -3.08. The number of hydrogen-bond donors (Lipinski definition) is 0. The normalized spacial score (nSPS) is 18.4.